The Hall–Kier alpha value is -3.41. The topological polar surface area (TPSA) is 85.3 Å². The first kappa shape index (κ1) is 18.0. The lowest BCUT2D eigenvalue weighted by atomic mass is 10.1. The van der Waals surface area contributed by atoms with Crippen LogP contribution in [0, 0.1) is 0 Å². The normalized spacial score (nSPS) is 11.3. The van der Waals surface area contributed by atoms with Crippen molar-refractivity contribution in [3.63, 3.8) is 0 Å². The molecule has 0 bridgehead atoms. The lowest BCUT2D eigenvalue weighted by molar-refractivity contribution is -0.137. The average Bonchev–Trinajstić information content (AvgIpc) is 3.13. The maximum atomic E-state index is 13.0. The van der Waals surface area contributed by atoms with Crippen molar-refractivity contribution in [1.29, 1.82) is 0 Å². The maximum Gasteiger partial charge on any atom is 0.303 e. The lowest BCUT2D eigenvalue weighted by Gasteiger charge is -2.12. The van der Waals surface area contributed by atoms with Crippen LogP contribution in [0.4, 0.5) is 0 Å². The zero-order valence-electron chi connectivity index (χ0n) is 15.3. The van der Waals surface area contributed by atoms with Crippen LogP contribution >= 0.6 is 0 Å². The molecule has 0 radical (unpaired) electrons. The number of hydrogen-bond donors (Lipinski definition) is 1. The van der Waals surface area contributed by atoms with Gasteiger partial charge in [0.2, 0.25) is 11.3 Å². The highest BCUT2D eigenvalue weighted by Crippen LogP contribution is 2.24. The Labute approximate surface area is 161 Å². The molecule has 28 heavy (non-hydrogen) atoms. The number of hydrogen-bond acceptors (Lipinski definition) is 4. The van der Waals surface area contributed by atoms with Crippen molar-refractivity contribution in [3.05, 3.63) is 65.0 Å². The first-order chi connectivity index (χ1) is 13.6. The van der Waals surface area contributed by atoms with E-state index in [-0.39, 0.29) is 11.8 Å². The van der Waals surface area contributed by atoms with Crippen molar-refractivity contribution in [2.45, 2.75) is 32.2 Å². The Bertz CT molecular complexity index is 1170. The van der Waals surface area contributed by atoms with Gasteiger partial charge in [0.05, 0.1) is 5.52 Å². The molecule has 0 amide bonds. The van der Waals surface area contributed by atoms with E-state index < -0.39 is 5.97 Å². The third-order valence-corrected chi connectivity index (χ3v) is 4.80. The smallest absolute Gasteiger partial charge is 0.303 e. The van der Waals surface area contributed by atoms with Gasteiger partial charge in [0.15, 0.2) is 5.58 Å². The second kappa shape index (κ2) is 7.68. The summed E-state index contributed by atoms with van der Waals surface area (Å²) < 4.78 is 7.85. The number of rotatable bonds is 7. The zero-order valence-corrected chi connectivity index (χ0v) is 15.3. The van der Waals surface area contributed by atoms with E-state index in [2.05, 4.69) is 4.98 Å². The zero-order chi connectivity index (χ0) is 19.5. The van der Waals surface area contributed by atoms with Crippen LogP contribution in [0.2, 0.25) is 0 Å². The highest BCUT2D eigenvalue weighted by molar-refractivity contribution is 5.84. The number of fused-ring (bicyclic) bond motifs is 2. The monoisotopic (exact) mass is 376 g/mol. The number of nitrogens with zero attached hydrogens (tertiary/aromatic N) is 2. The number of carboxylic acids is 1. The van der Waals surface area contributed by atoms with Crippen molar-refractivity contribution in [2.24, 2.45) is 0 Å². The minimum Gasteiger partial charge on any atom is -0.481 e. The van der Waals surface area contributed by atoms with Gasteiger partial charge in [-0.2, -0.15) is 0 Å². The van der Waals surface area contributed by atoms with Crippen LogP contribution < -0.4 is 5.43 Å². The van der Waals surface area contributed by atoms with Crippen LogP contribution in [-0.4, -0.2) is 20.6 Å². The third kappa shape index (κ3) is 3.53. The number of carbonyl (C=O) groups is 1. The van der Waals surface area contributed by atoms with Crippen molar-refractivity contribution in [3.8, 4) is 11.5 Å². The fourth-order valence-corrected chi connectivity index (χ4v) is 3.41. The molecule has 0 aliphatic rings. The maximum absolute atomic E-state index is 13.0. The number of oxazole rings is 1. The molecule has 0 saturated heterocycles. The molecule has 6 heteroatoms. The highest BCUT2D eigenvalue weighted by Gasteiger charge is 2.15. The van der Waals surface area contributed by atoms with Gasteiger partial charge in [0, 0.05) is 24.5 Å². The standard InChI is InChI=1S/C22H20N2O4/c25-20(26)12-2-1-7-13-24-14-16(21(27)15-8-3-5-10-18(15)24)22-23-17-9-4-6-11-19(17)28-22/h3-6,8-11,14H,1-2,7,12-13H2,(H,25,26). The molecule has 0 saturated carbocycles. The lowest BCUT2D eigenvalue weighted by Crippen LogP contribution is -2.12. The molecule has 0 atom stereocenters. The molecule has 6 nitrogen and oxygen atoms in total. The van der Waals surface area contributed by atoms with Crippen LogP contribution in [0.5, 0.6) is 0 Å². The molecule has 0 fully saturated rings. The minimum absolute atomic E-state index is 0.107. The number of aryl methyl sites for hydroxylation is 1. The van der Waals surface area contributed by atoms with E-state index in [1.807, 2.05) is 53.1 Å². The summed E-state index contributed by atoms with van der Waals surface area (Å²) in [6.07, 6.45) is 4.26. The fourth-order valence-electron chi connectivity index (χ4n) is 3.41. The highest BCUT2D eigenvalue weighted by atomic mass is 16.4. The van der Waals surface area contributed by atoms with Gasteiger partial charge in [-0.05, 0) is 37.1 Å². The van der Waals surface area contributed by atoms with Gasteiger partial charge in [0.1, 0.15) is 11.1 Å². The van der Waals surface area contributed by atoms with Crippen LogP contribution in [-0.2, 0) is 11.3 Å². The summed E-state index contributed by atoms with van der Waals surface area (Å²) in [6, 6.07) is 14.9. The van der Waals surface area contributed by atoms with Crippen LogP contribution in [0.3, 0.4) is 0 Å². The summed E-state index contributed by atoms with van der Waals surface area (Å²) in [7, 11) is 0. The van der Waals surface area contributed by atoms with Gasteiger partial charge in [-0.25, -0.2) is 4.98 Å². The predicted octanol–water partition coefficient (Wildman–Crippen LogP) is 4.45. The number of benzene rings is 2. The Morgan fingerprint density at radius 1 is 1.04 bits per heavy atom. The molecule has 4 rings (SSSR count). The van der Waals surface area contributed by atoms with Gasteiger partial charge in [0.25, 0.3) is 0 Å². The number of unbranched alkanes of at least 4 members (excludes halogenated alkanes) is 2. The Balaban J connectivity index is 1.71. The van der Waals surface area contributed by atoms with E-state index in [9.17, 15) is 9.59 Å². The number of carboxylic acid groups (broad SMARTS) is 1. The summed E-state index contributed by atoms with van der Waals surface area (Å²) in [6.45, 7) is 0.688. The molecular weight excluding hydrogens is 356 g/mol. The van der Waals surface area contributed by atoms with Crippen LogP contribution in [0.15, 0.2) is 63.9 Å². The summed E-state index contributed by atoms with van der Waals surface area (Å²) in [5.41, 5.74) is 2.53. The van der Waals surface area contributed by atoms with Crippen molar-refractivity contribution < 1.29 is 14.3 Å². The first-order valence-electron chi connectivity index (χ1n) is 9.33. The van der Waals surface area contributed by atoms with Crippen molar-refractivity contribution in [1.82, 2.24) is 9.55 Å². The molecule has 142 valence electrons. The Kier molecular flexibility index (Phi) is 4.93. The molecule has 2 heterocycles. The summed E-state index contributed by atoms with van der Waals surface area (Å²) in [5.74, 6) is -0.455. The first-order valence-corrected chi connectivity index (χ1v) is 9.33. The van der Waals surface area contributed by atoms with Gasteiger partial charge < -0.3 is 14.1 Å². The van der Waals surface area contributed by atoms with Crippen molar-refractivity contribution >= 4 is 28.0 Å². The molecule has 4 aromatic rings. The number of aliphatic carboxylic acids is 1. The number of aromatic nitrogens is 2. The number of para-hydroxylation sites is 3. The predicted molar refractivity (Wildman–Crippen MR) is 107 cm³/mol. The average molecular weight is 376 g/mol. The molecule has 1 N–H and O–H groups in total. The summed E-state index contributed by atoms with van der Waals surface area (Å²) in [5, 5.41) is 9.39. The fraction of sp³-hybridized carbons (Fsp3) is 0.227. The Morgan fingerprint density at radius 3 is 2.64 bits per heavy atom. The molecular formula is C22H20N2O4. The quantitative estimate of drug-likeness (QED) is 0.482. The van der Waals surface area contributed by atoms with Gasteiger partial charge in [-0.1, -0.05) is 30.7 Å². The molecule has 2 aromatic heterocycles. The second-order valence-electron chi connectivity index (χ2n) is 6.77. The SMILES string of the molecule is O=C(O)CCCCCn1cc(-c2nc3ccccc3o2)c(=O)c2ccccc21. The summed E-state index contributed by atoms with van der Waals surface area (Å²) >= 11 is 0. The molecule has 2 aromatic carbocycles. The van der Waals surface area contributed by atoms with E-state index >= 15 is 0 Å². The largest absolute Gasteiger partial charge is 0.481 e. The molecule has 0 aliphatic carbocycles. The van der Waals surface area contributed by atoms with Gasteiger partial charge >= 0.3 is 5.97 Å². The van der Waals surface area contributed by atoms with E-state index in [0.717, 1.165) is 18.4 Å². The third-order valence-electron chi connectivity index (χ3n) is 4.80. The van der Waals surface area contributed by atoms with Gasteiger partial charge in [-0.15, -0.1) is 0 Å². The Morgan fingerprint density at radius 2 is 1.82 bits per heavy atom. The van der Waals surface area contributed by atoms with Gasteiger partial charge in [-0.3, -0.25) is 9.59 Å². The van der Waals surface area contributed by atoms with E-state index in [0.29, 0.717) is 40.9 Å². The molecule has 0 aliphatic heterocycles. The minimum atomic E-state index is -0.771. The second-order valence-corrected chi connectivity index (χ2v) is 6.77. The van der Waals surface area contributed by atoms with Crippen LogP contribution in [0.1, 0.15) is 25.7 Å². The summed E-state index contributed by atoms with van der Waals surface area (Å²) in [4.78, 5) is 28.2. The van der Waals surface area contributed by atoms with E-state index in [1.165, 1.54) is 0 Å². The van der Waals surface area contributed by atoms with Crippen LogP contribution in [0.25, 0.3) is 33.5 Å². The number of pyridine rings is 1. The van der Waals surface area contributed by atoms with Crippen molar-refractivity contribution in [2.75, 3.05) is 0 Å². The molecule has 0 unspecified atom stereocenters. The van der Waals surface area contributed by atoms with E-state index in [4.69, 9.17) is 9.52 Å². The van der Waals surface area contributed by atoms with E-state index in [1.54, 1.807) is 6.20 Å². The molecule has 0 spiro atoms.